The topological polar surface area (TPSA) is 38.1 Å². The highest BCUT2D eigenvalue weighted by Crippen LogP contribution is 2.41. The van der Waals surface area contributed by atoms with Gasteiger partial charge in [-0.15, -0.1) is 0 Å². The van der Waals surface area contributed by atoms with Gasteiger partial charge in [-0.25, -0.2) is 0 Å². The molecule has 3 heteroatoms. The van der Waals surface area contributed by atoms with Crippen molar-refractivity contribution in [3.63, 3.8) is 0 Å². The molecule has 2 aromatic rings. The second-order valence-electron chi connectivity index (χ2n) is 5.10. The molecule has 0 saturated heterocycles. The number of hydrogen-bond donors (Lipinski definition) is 1. The Morgan fingerprint density at radius 2 is 2.06 bits per heavy atom. The van der Waals surface area contributed by atoms with E-state index in [9.17, 15) is 0 Å². The zero-order valence-corrected chi connectivity index (χ0v) is 10.6. The normalized spacial score (nSPS) is 16.7. The molecule has 3 rings (SSSR count). The minimum Gasteiger partial charge on any atom is -0.364 e. The zero-order chi connectivity index (χ0) is 12.4. The second kappa shape index (κ2) is 4.94. The first-order chi connectivity index (χ1) is 8.83. The smallest absolute Gasteiger partial charge is 0.124 e. The number of aryl methyl sites for hydroxylation is 1. The van der Waals surface area contributed by atoms with E-state index in [-0.39, 0.29) is 0 Å². The van der Waals surface area contributed by atoms with Crippen molar-refractivity contribution in [3.05, 3.63) is 53.4 Å². The third-order valence-corrected chi connectivity index (χ3v) is 3.52. The lowest BCUT2D eigenvalue weighted by atomic mass is 10.0. The van der Waals surface area contributed by atoms with Crippen molar-refractivity contribution in [2.45, 2.75) is 32.4 Å². The van der Waals surface area contributed by atoms with Crippen molar-refractivity contribution in [1.82, 2.24) is 10.5 Å². The molecule has 1 heterocycles. The van der Waals surface area contributed by atoms with Crippen LogP contribution in [0, 0.1) is 12.8 Å². The summed E-state index contributed by atoms with van der Waals surface area (Å²) >= 11 is 0. The number of benzene rings is 1. The van der Waals surface area contributed by atoms with Crippen LogP contribution >= 0.6 is 0 Å². The monoisotopic (exact) mass is 242 g/mol. The largest absolute Gasteiger partial charge is 0.364 e. The lowest BCUT2D eigenvalue weighted by Crippen LogP contribution is -2.22. The fourth-order valence-electron chi connectivity index (χ4n) is 2.30. The van der Waals surface area contributed by atoms with Gasteiger partial charge in [0.05, 0.1) is 5.69 Å². The molecule has 94 valence electrons. The van der Waals surface area contributed by atoms with Crippen LogP contribution in [0.2, 0.25) is 0 Å². The van der Waals surface area contributed by atoms with Crippen LogP contribution in [0.15, 0.2) is 41.1 Å². The van der Waals surface area contributed by atoms with Crippen LogP contribution in [0.1, 0.15) is 35.7 Å². The van der Waals surface area contributed by atoms with E-state index < -0.39 is 0 Å². The standard InChI is InChI=1S/C15H18N2O/c1-11-2-4-12(5-3-11)15(13-6-7-13)16-10-14-8-9-18-17-14/h2-5,8-9,13,15-16H,6-7,10H2,1H3. The van der Waals surface area contributed by atoms with E-state index in [0.717, 1.165) is 18.2 Å². The first-order valence-corrected chi connectivity index (χ1v) is 6.52. The molecule has 1 N–H and O–H groups in total. The van der Waals surface area contributed by atoms with Crippen LogP contribution < -0.4 is 5.32 Å². The van der Waals surface area contributed by atoms with Crippen LogP contribution in [0.5, 0.6) is 0 Å². The molecule has 1 aromatic heterocycles. The van der Waals surface area contributed by atoms with Crippen molar-refractivity contribution in [2.24, 2.45) is 5.92 Å². The Morgan fingerprint density at radius 1 is 1.28 bits per heavy atom. The molecule has 1 aliphatic carbocycles. The van der Waals surface area contributed by atoms with Crippen molar-refractivity contribution >= 4 is 0 Å². The van der Waals surface area contributed by atoms with Crippen LogP contribution in [-0.4, -0.2) is 5.16 Å². The van der Waals surface area contributed by atoms with E-state index in [1.807, 2.05) is 6.07 Å². The van der Waals surface area contributed by atoms with Crippen LogP contribution in [0.25, 0.3) is 0 Å². The van der Waals surface area contributed by atoms with E-state index in [1.54, 1.807) is 6.26 Å². The van der Waals surface area contributed by atoms with E-state index in [2.05, 4.69) is 41.7 Å². The van der Waals surface area contributed by atoms with E-state index in [1.165, 1.54) is 24.0 Å². The van der Waals surface area contributed by atoms with Gasteiger partial charge in [-0.2, -0.15) is 0 Å². The van der Waals surface area contributed by atoms with Crippen molar-refractivity contribution in [2.75, 3.05) is 0 Å². The minimum absolute atomic E-state index is 0.447. The maximum Gasteiger partial charge on any atom is 0.124 e. The van der Waals surface area contributed by atoms with Crippen molar-refractivity contribution in [1.29, 1.82) is 0 Å². The predicted octanol–water partition coefficient (Wildman–Crippen LogP) is 3.22. The van der Waals surface area contributed by atoms with Gasteiger partial charge in [0, 0.05) is 18.7 Å². The number of nitrogens with one attached hydrogen (secondary N) is 1. The van der Waals surface area contributed by atoms with Gasteiger partial charge in [0.15, 0.2) is 0 Å². The lowest BCUT2D eigenvalue weighted by Gasteiger charge is -2.18. The van der Waals surface area contributed by atoms with Crippen molar-refractivity contribution < 1.29 is 4.52 Å². The quantitative estimate of drug-likeness (QED) is 0.874. The van der Waals surface area contributed by atoms with Crippen LogP contribution in [0.4, 0.5) is 0 Å². The molecular formula is C15H18N2O. The van der Waals surface area contributed by atoms with Gasteiger partial charge in [-0.05, 0) is 31.2 Å². The summed E-state index contributed by atoms with van der Waals surface area (Å²) in [6, 6.07) is 11.2. The highest BCUT2D eigenvalue weighted by atomic mass is 16.5. The molecule has 0 spiro atoms. The molecule has 1 atom stereocenters. The molecule has 0 aliphatic heterocycles. The van der Waals surface area contributed by atoms with Crippen LogP contribution in [-0.2, 0) is 6.54 Å². The Morgan fingerprint density at radius 3 is 2.67 bits per heavy atom. The zero-order valence-electron chi connectivity index (χ0n) is 10.6. The number of nitrogens with zero attached hydrogens (tertiary/aromatic N) is 1. The molecule has 0 bridgehead atoms. The Balaban J connectivity index is 1.70. The van der Waals surface area contributed by atoms with Crippen LogP contribution in [0.3, 0.4) is 0 Å². The number of rotatable bonds is 5. The average molecular weight is 242 g/mol. The lowest BCUT2D eigenvalue weighted by molar-refractivity contribution is 0.400. The second-order valence-corrected chi connectivity index (χ2v) is 5.10. The van der Waals surface area contributed by atoms with E-state index in [4.69, 9.17) is 4.52 Å². The summed E-state index contributed by atoms with van der Waals surface area (Å²) in [7, 11) is 0. The summed E-state index contributed by atoms with van der Waals surface area (Å²) < 4.78 is 4.85. The number of hydrogen-bond acceptors (Lipinski definition) is 3. The Hall–Kier alpha value is -1.61. The third-order valence-electron chi connectivity index (χ3n) is 3.52. The highest BCUT2D eigenvalue weighted by molar-refractivity contribution is 5.25. The Kier molecular flexibility index (Phi) is 3.15. The minimum atomic E-state index is 0.447. The predicted molar refractivity (Wildman–Crippen MR) is 70.0 cm³/mol. The maximum absolute atomic E-state index is 4.85. The molecule has 0 radical (unpaired) electrons. The first-order valence-electron chi connectivity index (χ1n) is 6.52. The summed E-state index contributed by atoms with van der Waals surface area (Å²) in [4.78, 5) is 0. The summed E-state index contributed by atoms with van der Waals surface area (Å²) in [6.07, 6.45) is 4.27. The highest BCUT2D eigenvalue weighted by Gasteiger charge is 2.31. The Labute approximate surface area is 107 Å². The van der Waals surface area contributed by atoms with E-state index in [0.29, 0.717) is 6.04 Å². The summed E-state index contributed by atoms with van der Waals surface area (Å²) in [5, 5.41) is 7.54. The van der Waals surface area contributed by atoms with Crippen molar-refractivity contribution in [3.8, 4) is 0 Å². The van der Waals surface area contributed by atoms with Gasteiger partial charge in [0.2, 0.25) is 0 Å². The first kappa shape index (κ1) is 11.5. The molecule has 1 fully saturated rings. The fourth-order valence-corrected chi connectivity index (χ4v) is 2.30. The molecule has 1 saturated carbocycles. The maximum atomic E-state index is 4.85. The van der Waals surface area contributed by atoms with Gasteiger partial charge in [0.25, 0.3) is 0 Å². The molecule has 1 unspecified atom stereocenters. The fraction of sp³-hybridized carbons (Fsp3) is 0.400. The SMILES string of the molecule is Cc1ccc(C(NCc2ccon2)C2CC2)cc1. The van der Waals surface area contributed by atoms with Gasteiger partial charge in [-0.3, -0.25) is 0 Å². The summed E-state index contributed by atoms with van der Waals surface area (Å²) in [5.74, 6) is 0.777. The average Bonchev–Trinajstić information content (AvgIpc) is 3.08. The molecular weight excluding hydrogens is 224 g/mol. The Bertz CT molecular complexity index is 486. The van der Waals surface area contributed by atoms with Gasteiger partial charge < -0.3 is 9.84 Å². The molecule has 1 aliphatic rings. The summed E-state index contributed by atoms with van der Waals surface area (Å²) in [6.45, 7) is 2.89. The molecule has 1 aromatic carbocycles. The summed E-state index contributed by atoms with van der Waals surface area (Å²) in [5.41, 5.74) is 3.66. The van der Waals surface area contributed by atoms with Gasteiger partial charge in [-0.1, -0.05) is 35.0 Å². The van der Waals surface area contributed by atoms with Gasteiger partial charge in [0.1, 0.15) is 6.26 Å². The third kappa shape index (κ3) is 2.62. The molecule has 18 heavy (non-hydrogen) atoms. The van der Waals surface area contributed by atoms with Gasteiger partial charge >= 0.3 is 0 Å². The number of aromatic nitrogens is 1. The molecule has 0 amide bonds. The van der Waals surface area contributed by atoms with E-state index >= 15 is 0 Å². The molecule has 3 nitrogen and oxygen atoms in total.